The van der Waals surface area contributed by atoms with Gasteiger partial charge in [-0.15, -0.1) is 5.10 Å². The summed E-state index contributed by atoms with van der Waals surface area (Å²) in [4.78, 5) is 10.9. The van der Waals surface area contributed by atoms with Crippen LogP contribution in [0.3, 0.4) is 0 Å². The average Bonchev–Trinajstić information content (AvgIpc) is 2.90. The summed E-state index contributed by atoms with van der Waals surface area (Å²) in [6, 6.07) is 8.24. The van der Waals surface area contributed by atoms with E-state index in [1.165, 1.54) is 17.7 Å². The third kappa shape index (κ3) is 5.72. The summed E-state index contributed by atoms with van der Waals surface area (Å²) in [5, 5.41) is 4.08. The van der Waals surface area contributed by atoms with Gasteiger partial charge < -0.3 is 9.47 Å². The van der Waals surface area contributed by atoms with Gasteiger partial charge in [0.15, 0.2) is 0 Å². The van der Waals surface area contributed by atoms with Crippen molar-refractivity contribution >= 4 is 21.8 Å². The Kier molecular flexibility index (Phi) is 6.15. The Morgan fingerprint density at radius 2 is 1.81 bits per heavy atom. The van der Waals surface area contributed by atoms with E-state index in [2.05, 4.69) is 30.6 Å². The van der Waals surface area contributed by atoms with Crippen molar-refractivity contribution in [1.29, 1.82) is 0 Å². The highest BCUT2D eigenvalue weighted by Gasteiger charge is 2.19. The maximum atomic E-state index is 12.6. The number of nitrogens with zero attached hydrogens (tertiary/aromatic N) is 2. The lowest BCUT2D eigenvalue weighted by molar-refractivity contribution is -0.141. The predicted molar refractivity (Wildman–Crippen MR) is 101 cm³/mol. The van der Waals surface area contributed by atoms with Crippen LogP contribution in [0.5, 0.6) is 5.88 Å². The molecule has 2 aromatic rings. The highest BCUT2D eigenvalue weighted by Crippen LogP contribution is 2.25. The number of hydrogen-bond acceptors (Lipinski definition) is 6. The molecule has 9 heteroatoms. The number of sulfonamides is 1. The quantitative estimate of drug-likeness (QED) is 0.571. The van der Waals surface area contributed by atoms with E-state index in [-0.39, 0.29) is 35.2 Å². The second kappa shape index (κ2) is 7.99. The van der Waals surface area contributed by atoms with Crippen molar-refractivity contribution in [1.82, 2.24) is 9.78 Å². The molecule has 0 saturated carbocycles. The first-order valence-corrected chi connectivity index (χ1v) is 9.91. The summed E-state index contributed by atoms with van der Waals surface area (Å²) in [6.07, 6.45) is 0. The van der Waals surface area contributed by atoms with Gasteiger partial charge in [-0.3, -0.25) is 9.52 Å². The highest BCUT2D eigenvalue weighted by molar-refractivity contribution is 7.92. The Hall–Kier alpha value is -2.55. The van der Waals surface area contributed by atoms with Gasteiger partial charge in [-0.25, -0.2) is 13.1 Å². The number of ether oxygens (including phenoxy) is 2. The Balaban J connectivity index is 2.08. The summed E-state index contributed by atoms with van der Waals surface area (Å²) < 4.78 is 39.2. The van der Waals surface area contributed by atoms with Gasteiger partial charge in [-0.2, -0.15) is 0 Å². The summed E-state index contributed by atoms with van der Waals surface area (Å²) in [7, 11) is -2.16. The van der Waals surface area contributed by atoms with Gasteiger partial charge in [-0.05, 0) is 23.1 Å². The lowest BCUT2D eigenvalue weighted by Gasteiger charge is -2.19. The number of rotatable bonds is 7. The monoisotopic (exact) mass is 395 g/mol. The largest absolute Gasteiger partial charge is 0.473 e. The second-order valence-electron chi connectivity index (χ2n) is 7.06. The zero-order chi connectivity index (χ0) is 20.2. The molecule has 0 aliphatic rings. The summed E-state index contributed by atoms with van der Waals surface area (Å²) in [5.41, 5.74) is 0.987. The SMILES string of the molecule is CC(=O)OCCOc1cc(NS(=O)(=O)c2ccc(C(C)(C)C)cc2)n(C)n1. The normalized spacial score (nSPS) is 11.9. The molecule has 1 aromatic carbocycles. The van der Waals surface area contributed by atoms with Crippen molar-refractivity contribution < 1.29 is 22.7 Å². The van der Waals surface area contributed by atoms with Crippen LogP contribution < -0.4 is 9.46 Å². The molecule has 0 unspecified atom stereocenters. The zero-order valence-corrected chi connectivity index (χ0v) is 17.0. The third-order valence-corrected chi connectivity index (χ3v) is 5.14. The van der Waals surface area contributed by atoms with Crippen LogP contribution in [-0.4, -0.2) is 37.4 Å². The van der Waals surface area contributed by atoms with Crippen molar-refractivity contribution in [3.8, 4) is 5.88 Å². The van der Waals surface area contributed by atoms with Crippen LogP contribution in [0.1, 0.15) is 33.3 Å². The number of anilines is 1. The molecule has 0 fully saturated rings. The number of carbonyl (C=O) groups excluding carboxylic acids is 1. The van der Waals surface area contributed by atoms with Crippen molar-refractivity contribution in [3.63, 3.8) is 0 Å². The van der Waals surface area contributed by atoms with Crippen LogP contribution in [0.25, 0.3) is 0 Å². The van der Waals surface area contributed by atoms with Gasteiger partial charge in [0, 0.05) is 20.0 Å². The van der Waals surface area contributed by atoms with Gasteiger partial charge in [0.25, 0.3) is 10.0 Å². The zero-order valence-electron chi connectivity index (χ0n) is 16.1. The van der Waals surface area contributed by atoms with Gasteiger partial charge in [0.05, 0.1) is 4.90 Å². The van der Waals surface area contributed by atoms with Gasteiger partial charge in [0.2, 0.25) is 5.88 Å². The van der Waals surface area contributed by atoms with Crippen LogP contribution in [0.2, 0.25) is 0 Å². The second-order valence-corrected chi connectivity index (χ2v) is 8.74. The molecule has 0 amide bonds. The first-order chi connectivity index (χ1) is 12.5. The Labute approximate surface area is 159 Å². The van der Waals surface area contributed by atoms with E-state index in [0.29, 0.717) is 0 Å². The lowest BCUT2D eigenvalue weighted by Crippen LogP contribution is -2.16. The first-order valence-electron chi connectivity index (χ1n) is 8.42. The molecule has 148 valence electrons. The summed E-state index contributed by atoms with van der Waals surface area (Å²) in [5.74, 6) is 0.0911. The molecule has 0 radical (unpaired) electrons. The maximum absolute atomic E-state index is 12.6. The van der Waals surface area contributed by atoms with E-state index in [9.17, 15) is 13.2 Å². The van der Waals surface area contributed by atoms with Gasteiger partial charge >= 0.3 is 5.97 Å². The maximum Gasteiger partial charge on any atom is 0.302 e. The number of hydrogen-bond donors (Lipinski definition) is 1. The van der Waals surface area contributed by atoms with Gasteiger partial charge in [-0.1, -0.05) is 32.9 Å². The average molecular weight is 395 g/mol. The van der Waals surface area contributed by atoms with E-state index < -0.39 is 16.0 Å². The molecule has 8 nitrogen and oxygen atoms in total. The van der Waals surface area contributed by atoms with Crippen LogP contribution in [0, 0.1) is 0 Å². The molecule has 2 rings (SSSR count). The minimum atomic E-state index is -3.76. The molecular weight excluding hydrogens is 370 g/mol. The number of benzene rings is 1. The van der Waals surface area contributed by atoms with E-state index >= 15 is 0 Å². The Bertz CT molecular complexity index is 896. The lowest BCUT2D eigenvalue weighted by atomic mass is 9.87. The van der Waals surface area contributed by atoms with E-state index in [1.54, 1.807) is 31.3 Å². The molecule has 0 aliphatic heterocycles. The molecule has 0 saturated heterocycles. The van der Waals surface area contributed by atoms with Crippen LogP contribution >= 0.6 is 0 Å². The fourth-order valence-corrected chi connectivity index (χ4v) is 3.35. The molecule has 0 spiro atoms. The molecular formula is C18H25N3O5S. The van der Waals surface area contributed by atoms with Crippen molar-refractivity contribution in [2.45, 2.75) is 38.0 Å². The molecule has 0 aliphatic carbocycles. The minimum Gasteiger partial charge on any atom is -0.473 e. The van der Waals surface area contributed by atoms with Gasteiger partial charge in [0.1, 0.15) is 19.0 Å². The number of carbonyl (C=O) groups is 1. The Morgan fingerprint density at radius 3 is 2.37 bits per heavy atom. The van der Waals surface area contributed by atoms with Crippen LogP contribution in [0.15, 0.2) is 35.2 Å². The van der Waals surface area contributed by atoms with Crippen molar-refractivity contribution in [2.24, 2.45) is 7.05 Å². The molecule has 1 aromatic heterocycles. The summed E-state index contributed by atoms with van der Waals surface area (Å²) in [6.45, 7) is 7.71. The smallest absolute Gasteiger partial charge is 0.302 e. The fourth-order valence-electron chi connectivity index (χ4n) is 2.27. The number of nitrogens with one attached hydrogen (secondary N) is 1. The Morgan fingerprint density at radius 1 is 1.19 bits per heavy atom. The molecule has 0 bridgehead atoms. The third-order valence-electron chi connectivity index (χ3n) is 3.77. The standard InChI is InChI=1S/C18H25N3O5S/c1-13(22)25-10-11-26-17-12-16(21(5)19-17)20-27(23,24)15-8-6-14(7-9-15)18(2,3)4/h6-9,12,20H,10-11H2,1-5H3. The minimum absolute atomic E-state index is 0.0594. The van der Waals surface area contributed by atoms with Crippen LogP contribution in [-0.2, 0) is 32.0 Å². The van der Waals surface area contributed by atoms with E-state index in [0.717, 1.165) is 5.56 Å². The molecule has 0 atom stereocenters. The van der Waals surface area contributed by atoms with E-state index in [1.807, 2.05) is 0 Å². The van der Waals surface area contributed by atoms with Crippen molar-refractivity contribution in [2.75, 3.05) is 17.9 Å². The predicted octanol–water partition coefficient (Wildman–Crippen LogP) is 2.46. The number of aryl methyl sites for hydroxylation is 1. The number of aromatic nitrogens is 2. The summed E-state index contributed by atoms with van der Waals surface area (Å²) >= 11 is 0. The first kappa shape index (κ1) is 20.8. The topological polar surface area (TPSA) is 99.5 Å². The van der Waals surface area contributed by atoms with E-state index in [4.69, 9.17) is 9.47 Å². The van der Waals surface area contributed by atoms with Crippen LogP contribution in [0.4, 0.5) is 5.82 Å². The fraction of sp³-hybridized carbons (Fsp3) is 0.444. The molecule has 27 heavy (non-hydrogen) atoms. The molecule has 1 N–H and O–H groups in total. The van der Waals surface area contributed by atoms with Crippen molar-refractivity contribution in [3.05, 3.63) is 35.9 Å². The number of esters is 1. The molecule has 1 heterocycles. The highest BCUT2D eigenvalue weighted by atomic mass is 32.2.